The molecule has 2 aromatic carbocycles. The van der Waals surface area contributed by atoms with Crippen molar-refractivity contribution in [2.75, 3.05) is 16.4 Å². The largest absolute Gasteiger partial charge is 0.325 e. The minimum atomic E-state index is -3.82. The van der Waals surface area contributed by atoms with Gasteiger partial charge in [0.1, 0.15) is 5.82 Å². The van der Waals surface area contributed by atoms with E-state index < -0.39 is 26.8 Å². The fourth-order valence-corrected chi connectivity index (χ4v) is 5.30. The Kier molecular flexibility index (Phi) is 6.50. The van der Waals surface area contributed by atoms with E-state index in [1.54, 1.807) is 6.07 Å². The SMILES string of the molecule is CC(CC(=O)Nc1ccc(F)cc1Cl)S(=O)(=O)c1ccc2c(c1)NC(=O)CCS2. The fourth-order valence-electron chi connectivity index (χ4n) is 2.77. The molecule has 29 heavy (non-hydrogen) atoms. The van der Waals surface area contributed by atoms with Crippen molar-refractivity contribution in [2.24, 2.45) is 0 Å². The van der Waals surface area contributed by atoms with Crippen LogP contribution in [0.3, 0.4) is 0 Å². The number of hydrogen-bond donors (Lipinski definition) is 2. The number of fused-ring (bicyclic) bond motifs is 1. The van der Waals surface area contributed by atoms with Gasteiger partial charge in [-0.15, -0.1) is 11.8 Å². The number of benzene rings is 2. The summed E-state index contributed by atoms with van der Waals surface area (Å²) in [7, 11) is -3.82. The highest BCUT2D eigenvalue weighted by molar-refractivity contribution is 7.99. The number of carbonyl (C=O) groups is 2. The zero-order valence-electron chi connectivity index (χ0n) is 15.4. The Morgan fingerprint density at radius 1 is 1.31 bits per heavy atom. The van der Waals surface area contributed by atoms with Crippen molar-refractivity contribution in [1.82, 2.24) is 0 Å². The van der Waals surface area contributed by atoms with Crippen LogP contribution in [0.5, 0.6) is 0 Å². The van der Waals surface area contributed by atoms with Crippen molar-refractivity contribution in [2.45, 2.75) is 34.8 Å². The third-order valence-electron chi connectivity index (χ3n) is 4.35. The van der Waals surface area contributed by atoms with Gasteiger partial charge in [-0.2, -0.15) is 0 Å². The molecule has 1 aliphatic rings. The van der Waals surface area contributed by atoms with Crippen LogP contribution in [0.15, 0.2) is 46.2 Å². The molecule has 1 atom stereocenters. The molecule has 0 spiro atoms. The number of hydrogen-bond acceptors (Lipinski definition) is 5. The summed E-state index contributed by atoms with van der Waals surface area (Å²) in [5.74, 6) is -0.659. The van der Waals surface area contributed by atoms with E-state index in [1.165, 1.54) is 36.9 Å². The summed E-state index contributed by atoms with van der Waals surface area (Å²) in [6, 6.07) is 8.06. The van der Waals surface area contributed by atoms with Gasteiger partial charge in [0.2, 0.25) is 11.8 Å². The molecule has 0 aliphatic carbocycles. The predicted molar refractivity (Wildman–Crippen MR) is 112 cm³/mol. The molecule has 10 heteroatoms. The van der Waals surface area contributed by atoms with E-state index in [1.807, 2.05) is 0 Å². The van der Waals surface area contributed by atoms with Gasteiger partial charge in [0.05, 0.1) is 26.5 Å². The third-order valence-corrected chi connectivity index (χ3v) is 7.87. The molecule has 0 fully saturated rings. The maximum atomic E-state index is 13.1. The quantitative estimate of drug-likeness (QED) is 0.706. The predicted octanol–water partition coefficient (Wildman–Crippen LogP) is 4.10. The van der Waals surface area contributed by atoms with Crippen LogP contribution in [0, 0.1) is 5.82 Å². The Hall–Kier alpha value is -2.10. The molecule has 1 heterocycles. The minimum absolute atomic E-state index is 0.0212. The highest BCUT2D eigenvalue weighted by atomic mass is 35.5. The van der Waals surface area contributed by atoms with E-state index in [0.29, 0.717) is 17.9 Å². The second kappa shape index (κ2) is 8.73. The molecule has 0 bridgehead atoms. The monoisotopic (exact) mass is 456 g/mol. The van der Waals surface area contributed by atoms with Crippen LogP contribution in [-0.2, 0) is 19.4 Å². The van der Waals surface area contributed by atoms with Gasteiger partial charge in [-0.1, -0.05) is 11.6 Å². The number of carbonyl (C=O) groups excluding carboxylic acids is 2. The minimum Gasteiger partial charge on any atom is -0.325 e. The molecule has 1 aliphatic heterocycles. The molecule has 2 amide bonds. The topological polar surface area (TPSA) is 92.3 Å². The van der Waals surface area contributed by atoms with Crippen molar-refractivity contribution in [3.63, 3.8) is 0 Å². The van der Waals surface area contributed by atoms with Crippen LogP contribution < -0.4 is 10.6 Å². The zero-order chi connectivity index (χ0) is 21.2. The van der Waals surface area contributed by atoms with Crippen LogP contribution >= 0.6 is 23.4 Å². The van der Waals surface area contributed by atoms with Crippen molar-refractivity contribution in [3.8, 4) is 0 Å². The van der Waals surface area contributed by atoms with E-state index in [4.69, 9.17) is 11.6 Å². The second-order valence-electron chi connectivity index (χ2n) is 6.54. The first kappa shape index (κ1) is 21.6. The molecule has 1 unspecified atom stereocenters. The summed E-state index contributed by atoms with van der Waals surface area (Å²) in [6.45, 7) is 1.43. The first-order valence-electron chi connectivity index (χ1n) is 8.72. The van der Waals surface area contributed by atoms with Crippen LogP contribution in [0.4, 0.5) is 15.8 Å². The molecule has 3 rings (SSSR count). The standard InChI is InChI=1S/C19H18ClFN2O4S2/c1-11(8-19(25)22-15-4-2-12(21)9-14(15)20)29(26,27)13-3-5-17-16(10-13)23-18(24)6-7-28-17/h2-5,9-11H,6-8H2,1H3,(H,22,25)(H,23,24). The highest BCUT2D eigenvalue weighted by Gasteiger charge is 2.27. The van der Waals surface area contributed by atoms with Crippen molar-refractivity contribution in [3.05, 3.63) is 47.2 Å². The van der Waals surface area contributed by atoms with E-state index in [9.17, 15) is 22.4 Å². The van der Waals surface area contributed by atoms with Crippen LogP contribution in [0.2, 0.25) is 5.02 Å². The average molecular weight is 457 g/mol. The van der Waals surface area contributed by atoms with Gasteiger partial charge in [-0.05, 0) is 43.3 Å². The third kappa shape index (κ3) is 5.09. The molecule has 6 nitrogen and oxygen atoms in total. The maximum Gasteiger partial charge on any atom is 0.225 e. The summed E-state index contributed by atoms with van der Waals surface area (Å²) in [4.78, 5) is 24.8. The molecule has 0 aromatic heterocycles. The molecular formula is C19H18ClFN2O4S2. The van der Waals surface area contributed by atoms with Crippen LogP contribution in [0.1, 0.15) is 19.8 Å². The van der Waals surface area contributed by atoms with Gasteiger partial charge >= 0.3 is 0 Å². The van der Waals surface area contributed by atoms with E-state index in [-0.39, 0.29) is 27.9 Å². The van der Waals surface area contributed by atoms with Gasteiger partial charge < -0.3 is 10.6 Å². The van der Waals surface area contributed by atoms with Crippen molar-refractivity contribution in [1.29, 1.82) is 0 Å². The van der Waals surface area contributed by atoms with Crippen LogP contribution in [0.25, 0.3) is 0 Å². The molecule has 0 saturated heterocycles. The normalized spacial score (nSPS) is 15.1. The van der Waals surface area contributed by atoms with Gasteiger partial charge in [-0.3, -0.25) is 9.59 Å². The van der Waals surface area contributed by atoms with E-state index in [2.05, 4.69) is 10.6 Å². The Labute approximate surface area is 177 Å². The van der Waals surface area contributed by atoms with Gasteiger partial charge in [0, 0.05) is 23.5 Å². The lowest BCUT2D eigenvalue weighted by Crippen LogP contribution is -2.25. The number of nitrogens with one attached hydrogen (secondary N) is 2. The molecule has 154 valence electrons. The van der Waals surface area contributed by atoms with Crippen LogP contribution in [-0.4, -0.2) is 31.2 Å². The van der Waals surface area contributed by atoms with Gasteiger partial charge in [0.15, 0.2) is 9.84 Å². The van der Waals surface area contributed by atoms with Gasteiger partial charge in [0.25, 0.3) is 0 Å². The average Bonchev–Trinajstić information content (AvgIpc) is 2.83. The molecule has 0 saturated carbocycles. The first-order chi connectivity index (χ1) is 13.7. The smallest absolute Gasteiger partial charge is 0.225 e. The maximum absolute atomic E-state index is 13.1. The summed E-state index contributed by atoms with van der Waals surface area (Å²) in [6.07, 6.45) is 0.0399. The lowest BCUT2D eigenvalue weighted by Gasteiger charge is -2.15. The Balaban J connectivity index is 1.75. The van der Waals surface area contributed by atoms with Crippen molar-refractivity contribution >= 4 is 56.4 Å². The van der Waals surface area contributed by atoms with Crippen molar-refractivity contribution < 1.29 is 22.4 Å². The first-order valence-corrected chi connectivity index (χ1v) is 11.6. The summed E-state index contributed by atoms with van der Waals surface area (Å²) in [5.41, 5.74) is 0.653. The number of halogens is 2. The lowest BCUT2D eigenvalue weighted by atomic mass is 10.2. The molecule has 2 aromatic rings. The summed E-state index contributed by atoms with van der Waals surface area (Å²) < 4.78 is 38.9. The highest BCUT2D eigenvalue weighted by Crippen LogP contribution is 2.33. The number of amides is 2. The van der Waals surface area contributed by atoms with Gasteiger partial charge in [-0.25, -0.2) is 12.8 Å². The van der Waals surface area contributed by atoms with E-state index >= 15 is 0 Å². The zero-order valence-corrected chi connectivity index (χ0v) is 17.8. The number of anilines is 2. The number of thioether (sulfide) groups is 1. The summed E-state index contributed by atoms with van der Waals surface area (Å²) in [5, 5.41) is 4.20. The number of rotatable bonds is 5. The Morgan fingerprint density at radius 2 is 2.07 bits per heavy atom. The second-order valence-corrected chi connectivity index (χ2v) is 10.4. The fraction of sp³-hybridized carbons (Fsp3) is 0.263. The Morgan fingerprint density at radius 3 is 2.79 bits per heavy atom. The molecular weight excluding hydrogens is 439 g/mol. The molecule has 0 radical (unpaired) electrons. The molecule has 2 N–H and O–H groups in total. The Bertz CT molecular complexity index is 1080. The number of sulfone groups is 1. The summed E-state index contributed by atoms with van der Waals surface area (Å²) >= 11 is 7.35. The van der Waals surface area contributed by atoms with E-state index in [0.717, 1.165) is 17.0 Å². The lowest BCUT2D eigenvalue weighted by molar-refractivity contribution is -0.116.